The maximum absolute atomic E-state index is 13.0. The Kier molecular flexibility index (Phi) is 5.76. The fraction of sp³-hybridized carbons (Fsp3) is 0.292. The SMILES string of the molecule is CCc1cccc2c(C(=O)C(C#N)C(=O)CCn3cnc4sc(C)c(C)c4c3=O)c[nH]c12. The lowest BCUT2D eigenvalue weighted by Gasteiger charge is -2.09. The van der Waals surface area contributed by atoms with Gasteiger partial charge in [-0.3, -0.25) is 19.0 Å². The first kappa shape index (κ1) is 21.7. The first-order valence-electron chi connectivity index (χ1n) is 10.4. The van der Waals surface area contributed by atoms with E-state index in [0.29, 0.717) is 21.2 Å². The molecule has 1 N–H and O–H groups in total. The van der Waals surface area contributed by atoms with Gasteiger partial charge in [0, 0.05) is 40.5 Å². The van der Waals surface area contributed by atoms with Crippen molar-refractivity contribution in [3.8, 4) is 6.07 Å². The van der Waals surface area contributed by atoms with E-state index >= 15 is 0 Å². The van der Waals surface area contributed by atoms with Crippen LogP contribution in [0.25, 0.3) is 21.1 Å². The number of nitrogens with zero attached hydrogens (tertiary/aromatic N) is 3. The van der Waals surface area contributed by atoms with E-state index in [2.05, 4.69) is 9.97 Å². The van der Waals surface area contributed by atoms with Crippen LogP contribution in [-0.4, -0.2) is 26.1 Å². The number of thiophene rings is 1. The summed E-state index contributed by atoms with van der Waals surface area (Å²) in [6, 6.07) is 7.50. The van der Waals surface area contributed by atoms with Crippen molar-refractivity contribution in [3.05, 3.63) is 62.6 Å². The van der Waals surface area contributed by atoms with Crippen LogP contribution in [0.2, 0.25) is 0 Å². The number of aromatic amines is 1. The molecule has 0 spiro atoms. The predicted molar refractivity (Wildman–Crippen MR) is 124 cm³/mol. The molecule has 0 saturated heterocycles. The molecule has 8 heteroatoms. The number of nitriles is 1. The Morgan fingerprint density at radius 1 is 1.31 bits per heavy atom. The molecule has 0 bridgehead atoms. The molecule has 1 unspecified atom stereocenters. The molecule has 0 aliphatic heterocycles. The van der Waals surface area contributed by atoms with Gasteiger partial charge in [-0.2, -0.15) is 5.26 Å². The Morgan fingerprint density at radius 3 is 2.81 bits per heavy atom. The molecule has 0 amide bonds. The topological polar surface area (TPSA) is 109 Å². The summed E-state index contributed by atoms with van der Waals surface area (Å²) in [6.07, 6.45) is 3.67. The largest absolute Gasteiger partial charge is 0.360 e. The van der Waals surface area contributed by atoms with Crippen LogP contribution >= 0.6 is 11.3 Å². The van der Waals surface area contributed by atoms with Crippen molar-refractivity contribution in [2.75, 3.05) is 0 Å². The molecule has 1 aromatic carbocycles. The summed E-state index contributed by atoms with van der Waals surface area (Å²) >= 11 is 1.46. The van der Waals surface area contributed by atoms with Crippen molar-refractivity contribution >= 4 is 44.0 Å². The van der Waals surface area contributed by atoms with Crippen LogP contribution in [0.3, 0.4) is 0 Å². The van der Waals surface area contributed by atoms with Gasteiger partial charge in [0.2, 0.25) is 0 Å². The first-order valence-corrected chi connectivity index (χ1v) is 11.2. The number of nitrogens with one attached hydrogen (secondary N) is 1. The second-order valence-corrected chi connectivity index (χ2v) is 8.95. The Hall–Kier alpha value is -3.57. The minimum absolute atomic E-state index is 0.0638. The summed E-state index contributed by atoms with van der Waals surface area (Å²) in [6.45, 7) is 5.90. The first-order chi connectivity index (χ1) is 15.4. The maximum atomic E-state index is 13.0. The minimum atomic E-state index is -1.42. The summed E-state index contributed by atoms with van der Waals surface area (Å²) in [5, 5.41) is 10.9. The number of aryl methyl sites for hydroxylation is 4. The predicted octanol–water partition coefficient (Wildman–Crippen LogP) is 4.10. The number of hydrogen-bond acceptors (Lipinski definition) is 6. The van der Waals surface area contributed by atoms with E-state index in [0.717, 1.165) is 27.9 Å². The van der Waals surface area contributed by atoms with Crippen LogP contribution in [0.15, 0.2) is 35.5 Å². The van der Waals surface area contributed by atoms with Crippen LogP contribution in [0.5, 0.6) is 0 Å². The Balaban J connectivity index is 1.57. The molecule has 7 nitrogen and oxygen atoms in total. The lowest BCUT2D eigenvalue weighted by molar-refractivity contribution is -0.120. The maximum Gasteiger partial charge on any atom is 0.262 e. The number of Topliss-reactive ketones (excluding diaryl/α,β-unsaturated/α-hetero) is 2. The molecule has 4 rings (SSSR count). The van der Waals surface area contributed by atoms with Crippen LogP contribution in [0, 0.1) is 31.1 Å². The average molecular weight is 447 g/mol. The van der Waals surface area contributed by atoms with E-state index in [-0.39, 0.29) is 18.5 Å². The second-order valence-electron chi connectivity index (χ2n) is 7.74. The molecule has 32 heavy (non-hydrogen) atoms. The number of aromatic nitrogens is 3. The molecule has 0 aliphatic carbocycles. The number of para-hydroxylation sites is 1. The van der Waals surface area contributed by atoms with Crippen molar-refractivity contribution in [3.63, 3.8) is 0 Å². The number of hydrogen-bond donors (Lipinski definition) is 1. The Bertz CT molecular complexity index is 1470. The summed E-state index contributed by atoms with van der Waals surface area (Å²) in [7, 11) is 0. The van der Waals surface area contributed by atoms with Gasteiger partial charge in [0.1, 0.15) is 4.83 Å². The van der Waals surface area contributed by atoms with Gasteiger partial charge < -0.3 is 4.98 Å². The highest BCUT2D eigenvalue weighted by atomic mass is 32.1. The van der Waals surface area contributed by atoms with Gasteiger partial charge in [0.25, 0.3) is 5.56 Å². The van der Waals surface area contributed by atoms with Gasteiger partial charge in [-0.1, -0.05) is 25.1 Å². The molecule has 1 atom stereocenters. The van der Waals surface area contributed by atoms with Crippen molar-refractivity contribution < 1.29 is 9.59 Å². The van der Waals surface area contributed by atoms with Gasteiger partial charge in [-0.15, -0.1) is 11.3 Å². The zero-order valence-electron chi connectivity index (χ0n) is 18.1. The molecule has 3 aromatic heterocycles. The van der Waals surface area contributed by atoms with E-state index in [1.165, 1.54) is 22.2 Å². The molecular weight excluding hydrogens is 424 g/mol. The zero-order chi connectivity index (χ0) is 23.0. The number of ketones is 2. The molecule has 0 radical (unpaired) electrons. The van der Waals surface area contributed by atoms with Gasteiger partial charge in [0.15, 0.2) is 17.5 Å². The van der Waals surface area contributed by atoms with Gasteiger partial charge in [-0.05, 0) is 31.4 Å². The third-order valence-electron chi connectivity index (χ3n) is 5.92. The molecule has 0 fully saturated rings. The molecule has 3 heterocycles. The molecule has 0 aliphatic rings. The van der Waals surface area contributed by atoms with E-state index < -0.39 is 17.5 Å². The quantitative estimate of drug-likeness (QED) is 0.340. The highest BCUT2D eigenvalue weighted by Crippen LogP contribution is 2.26. The Labute approximate surface area is 188 Å². The van der Waals surface area contributed by atoms with Crippen molar-refractivity contribution in [2.45, 2.75) is 40.2 Å². The van der Waals surface area contributed by atoms with Crippen molar-refractivity contribution in [1.29, 1.82) is 5.26 Å². The van der Waals surface area contributed by atoms with E-state index in [4.69, 9.17) is 0 Å². The minimum Gasteiger partial charge on any atom is -0.360 e. The number of fused-ring (bicyclic) bond motifs is 2. The second kappa shape index (κ2) is 8.52. The smallest absolute Gasteiger partial charge is 0.262 e. The van der Waals surface area contributed by atoms with Crippen molar-refractivity contribution in [2.24, 2.45) is 5.92 Å². The fourth-order valence-corrected chi connectivity index (χ4v) is 4.94. The monoisotopic (exact) mass is 446 g/mol. The number of carbonyl (C=O) groups is 2. The van der Waals surface area contributed by atoms with Crippen LogP contribution in [0.1, 0.15) is 39.7 Å². The standard InChI is InChI=1S/C24H22N4O3S/c1-4-15-6-5-7-16-18(11-26-21(15)16)22(30)17(10-25)19(29)8-9-28-12-27-23-20(24(28)31)13(2)14(3)32-23/h5-7,11-12,17,26H,4,8-9H2,1-3H3. The average Bonchev–Trinajstić information content (AvgIpc) is 3.34. The lowest BCUT2D eigenvalue weighted by Crippen LogP contribution is -2.27. The molecular formula is C24H22N4O3S. The van der Waals surface area contributed by atoms with Crippen LogP contribution in [-0.2, 0) is 17.8 Å². The molecule has 4 aromatic rings. The number of H-pyrrole nitrogens is 1. The van der Waals surface area contributed by atoms with Crippen LogP contribution in [0.4, 0.5) is 0 Å². The van der Waals surface area contributed by atoms with Gasteiger partial charge in [-0.25, -0.2) is 4.98 Å². The van der Waals surface area contributed by atoms with Crippen molar-refractivity contribution in [1.82, 2.24) is 14.5 Å². The van der Waals surface area contributed by atoms with Gasteiger partial charge in [0.05, 0.1) is 17.8 Å². The highest BCUT2D eigenvalue weighted by molar-refractivity contribution is 7.18. The summed E-state index contributed by atoms with van der Waals surface area (Å²) < 4.78 is 1.37. The van der Waals surface area contributed by atoms with Crippen LogP contribution < -0.4 is 5.56 Å². The van der Waals surface area contributed by atoms with Gasteiger partial charge >= 0.3 is 0 Å². The Morgan fingerprint density at radius 2 is 2.09 bits per heavy atom. The zero-order valence-corrected chi connectivity index (χ0v) is 18.9. The summed E-state index contributed by atoms with van der Waals surface area (Å²) in [5.41, 5.74) is 2.91. The van der Waals surface area contributed by atoms with E-state index in [1.54, 1.807) is 6.20 Å². The number of carbonyl (C=O) groups excluding carboxylic acids is 2. The number of benzene rings is 1. The molecule has 162 valence electrons. The highest BCUT2D eigenvalue weighted by Gasteiger charge is 2.29. The van der Waals surface area contributed by atoms with E-state index in [1.807, 2.05) is 45.0 Å². The van der Waals surface area contributed by atoms with E-state index in [9.17, 15) is 19.6 Å². The third-order valence-corrected chi connectivity index (χ3v) is 7.03. The lowest BCUT2D eigenvalue weighted by atomic mass is 9.92. The number of rotatable bonds is 7. The summed E-state index contributed by atoms with van der Waals surface area (Å²) in [5.74, 6) is -2.46. The third kappa shape index (κ3) is 3.55. The summed E-state index contributed by atoms with van der Waals surface area (Å²) in [4.78, 5) is 47.8. The molecule has 0 saturated carbocycles. The normalized spacial score (nSPS) is 12.2. The fourth-order valence-electron chi connectivity index (χ4n) is 3.95.